The van der Waals surface area contributed by atoms with Crippen molar-refractivity contribution in [1.82, 2.24) is 15.5 Å². The average molecular weight is 348 g/mol. The van der Waals surface area contributed by atoms with Gasteiger partial charge in [0.05, 0.1) is 19.1 Å². The lowest BCUT2D eigenvalue weighted by Crippen LogP contribution is -2.43. The SMILES string of the molecule is CCCNC(=O)CN(CCC)CC(=O)NC(C)c1ccc(C)c(C)c1. The molecule has 0 fully saturated rings. The molecule has 0 aromatic heterocycles. The van der Waals surface area contributed by atoms with Crippen LogP contribution in [0.5, 0.6) is 0 Å². The summed E-state index contributed by atoms with van der Waals surface area (Å²) < 4.78 is 0. The van der Waals surface area contributed by atoms with Gasteiger partial charge in [0, 0.05) is 6.54 Å². The Morgan fingerprint density at radius 2 is 1.72 bits per heavy atom. The molecule has 1 unspecified atom stereocenters. The Balaban J connectivity index is 2.58. The molecule has 0 saturated heterocycles. The molecule has 0 bridgehead atoms. The molecule has 1 rings (SSSR count). The lowest BCUT2D eigenvalue weighted by atomic mass is 10.0. The van der Waals surface area contributed by atoms with Crippen LogP contribution in [0.3, 0.4) is 0 Å². The van der Waals surface area contributed by atoms with E-state index in [1.165, 1.54) is 11.1 Å². The molecule has 5 heteroatoms. The molecule has 0 saturated carbocycles. The Morgan fingerprint density at radius 1 is 1.04 bits per heavy atom. The first-order chi connectivity index (χ1) is 11.9. The third kappa shape index (κ3) is 7.69. The summed E-state index contributed by atoms with van der Waals surface area (Å²) in [6.45, 7) is 12.1. The molecule has 140 valence electrons. The smallest absolute Gasteiger partial charge is 0.234 e. The number of hydrogen-bond acceptors (Lipinski definition) is 3. The van der Waals surface area contributed by atoms with E-state index in [1.807, 2.05) is 25.7 Å². The van der Waals surface area contributed by atoms with Crippen LogP contribution in [0.4, 0.5) is 0 Å². The highest BCUT2D eigenvalue weighted by Gasteiger charge is 2.16. The van der Waals surface area contributed by atoms with E-state index in [0.717, 1.165) is 24.9 Å². The Labute approximate surface area is 152 Å². The Bertz CT molecular complexity index is 572. The molecule has 1 aromatic carbocycles. The van der Waals surface area contributed by atoms with Gasteiger partial charge >= 0.3 is 0 Å². The molecule has 0 spiro atoms. The van der Waals surface area contributed by atoms with Crippen LogP contribution in [0, 0.1) is 13.8 Å². The van der Waals surface area contributed by atoms with Crippen LogP contribution in [0.25, 0.3) is 0 Å². The van der Waals surface area contributed by atoms with E-state index in [1.54, 1.807) is 0 Å². The number of nitrogens with one attached hydrogen (secondary N) is 2. The number of aryl methyl sites for hydroxylation is 2. The van der Waals surface area contributed by atoms with Gasteiger partial charge < -0.3 is 10.6 Å². The minimum atomic E-state index is -0.0533. The van der Waals surface area contributed by atoms with Gasteiger partial charge in [0.15, 0.2) is 0 Å². The molecule has 0 aliphatic carbocycles. The van der Waals surface area contributed by atoms with Crippen molar-refractivity contribution in [3.8, 4) is 0 Å². The van der Waals surface area contributed by atoms with Crippen molar-refractivity contribution in [1.29, 1.82) is 0 Å². The summed E-state index contributed by atoms with van der Waals surface area (Å²) in [5.41, 5.74) is 3.56. The summed E-state index contributed by atoms with van der Waals surface area (Å²) in [6.07, 6.45) is 1.81. The van der Waals surface area contributed by atoms with Crippen LogP contribution in [0.15, 0.2) is 18.2 Å². The van der Waals surface area contributed by atoms with Crippen LogP contribution in [-0.2, 0) is 9.59 Å². The van der Waals surface area contributed by atoms with E-state index in [-0.39, 0.29) is 30.9 Å². The van der Waals surface area contributed by atoms with Crippen LogP contribution >= 0.6 is 0 Å². The first kappa shape index (κ1) is 21.2. The van der Waals surface area contributed by atoms with E-state index in [2.05, 4.69) is 42.7 Å². The van der Waals surface area contributed by atoms with Gasteiger partial charge in [-0.1, -0.05) is 32.0 Å². The van der Waals surface area contributed by atoms with Crippen molar-refractivity contribution < 1.29 is 9.59 Å². The van der Waals surface area contributed by atoms with Crippen LogP contribution in [0.2, 0.25) is 0 Å². The zero-order valence-corrected chi connectivity index (χ0v) is 16.3. The molecule has 0 aliphatic heterocycles. The van der Waals surface area contributed by atoms with Crippen molar-refractivity contribution >= 4 is 11.8 Å². The molecule has 1 aromatic rings. The molecular formula is C20H33N3O2. The highest BCUT2D eigenvalue weighted by atomic mass is 16.2. The number of amides is 2. The van der Waals surface area contributed by atoms with Crippen LogP contribution in [0.1, 0.15) is 56.3 Å². The number of rotatable bonds is 10. The van der Waals surface area contributed by atoms with Gasteiger partial charge in [-0.05, 0) is 56.8 Å². The van der Waals surface area contributed by atoms with Gasteiger partial charge in [0.2, 0.25) is 11.8 Å². The molecular weight excluding hydrogens is 314 g/mol. The second-order valence-corrected chi connectivity index (χ2v) is 6.69. The maximum atomic E-state index is 12.4. The maximum Gasteiger partial charge on any atom is 0.234 e. The van der Waals surface area contributed by atoms with Gasteiger partial charge in [-0.25, -0.2) is 0 Å². The summed E-state index contributed by atoms with van der Waals surface area (Å²) >= 11 is 0. The van der Waals surface area contributed by atoms with Gasteiger partial charge in [0.25, 0.3) is 0 Å². The number of nitrogens with zero attached hydrogens (tertiary/aromatic N) is 1. The zero-order chi connectivity index (χ0) is 18.8. The standard InChI is InChI=1S/C20H33N3O2/c1-6-10-21-19(24)13-23(11-7-2)14-20(25)22-17(5)18-9-8-15(3)16(4)12-18/h8-9,12,17H,6-7,10-11,13-14H2,1-5H3,(H,21,24)(H,22,25). The van der Waals surface area contributed by atoms with Crippen molar-refractivity contribution in [2.45, 2.75) is 53.5 Å². The van der Waals surface area contributed by atoms with Gasteiger partial charge in [-0.15, -0.1) is 0 Å². The number of carbonyl (C=O) groups excluding carboxylic acids is 2. The van der Waals surface area contributed by atoms with E-state index in [4.69, 9.17) is 0 Å². The van der Waals surface area contributed by atoms with Crippen molar-refractivity contribution in [3.05, 3.63) is 34.9 Å². The fourth-order valence-electron chi connectivity index (χ4n) is 2.66. The fraction of sp³-hybridized carbons (Fsp3) is 0.600. The Hall–Kier alpha value is -1.88. The second kappa shape index (κ2) is 10.9. The Kier molecular flexibility index (Phi) is 9.21. The minimum Gasteiger partial charge on any atom is -0.355 e. The summed E-state index contributed by atoms with van der Waals surface area (Å²) in [5, 5.41) is 5.90. The largest absolute Gasteiger partial charge is 0.355 e. The quantitative estimate of drug-likeness (QED) is 0.684. The first-order valence-corrected chi connectivity index (χ1v) is 9.22. The highest BCUT2D eigenvalue weighted by Crippen LogP contribution is 2.16. The molecule has 0 aliphatic rings. The number of hydrogen-bond donors (Lipinski definition) is 2. The second-order valence-electron chi connectivity index (χ2n) is 6.69. The van der Waals surface area contributed by atoms with E-state index < -0.39 is 0 Å². The van der Waals surface area contributed by atoms with Crippen LogP contribution < -0.4 is 10.6 Å². The topological polar surface area (TPSA) is 61.4 Å². The van der Waals surface area contributed by atoms with Gasteiger partial charge in [-0.3, -0.25) is 14.5 Å². The minimum absolute atomic E-state index is 0.0229. The van der Waals surface area contributed by atoms with Crippen molar-refractivity contribution in [2.24, 2.45) is 0 Å². The molecule has 1 atom stereocenters. The molecule has 5 nitrogen and oxygen atoms in total. The van der Waals surface area contributed by atoms with Crippen LogP contribution in [-0.4, -0.2) is 42.9 Å². The first-order valence-electron chi connectivity index (χ1n) is 9.22. The molecule has 2 amide bonds. The molecule has 25 heavy (non-hydrogen) atoms. The lowest BCUT2D eigenvalue weighted by molar-refractivity contribution is -0.125. The van der Waals surface area contributed by atoms with E-state index >= 15 is 0 Å². The van der Waals surface area contributed by atoms with E-state index in [0.29, 0.717) is 6.54 Å². The average Bonchev–Trinajstić information content (AvgIpc) is 2.55. The zero-order valence-electron chi connectivity index (χ0n) is 16.3. The lowest BCUT2D eigenvalue weighted by Gasteiger charge is -2.22. The third-order valence-electron chi connectivity index (χ3n) is 4.25. The highest BCUT2D eigenvalue weighted by molar-refractivity contribution is 5.81. The summed E-state index contributed by atoms with van der Waals surface area (Å²) in [6, 6.07) is 6.19. The van der Waals surface area contributed by atoms with Gasteiger partial charge in [0.1, 0.15) is 0 Å². The maximum absolute atomic E-state index is 12.4. The summed E-state index contributed by atoms with van der Waals surface area (Å²) in [5.74, 6) is -0.0761. The van der Waals surface area contributed by atoms with Gasteiger partial charge in [-0.2, -0.15) is 0 Å². The van der Waals surface area contributed by atoms with Crippen molar-refractivity contribution in [2.75, 3.05) is 26.2 Å². The molecule has 0 heterocycles. The monoisotopic (exact) mass is 347 g/mol. The Morgan fingerprint density at radius 3 is 2.32 bits per heavy atom. The number of benzene rings is 1. The molecule has 2 N–H and O–H groups in total. The summed E-state index contributed by atoms with van der Waals surface area (Å²) in [4.78, 5) is 26.2. The summed E-state index contributed by atoms with van der Waals surface area (Å²) in [7, 11) is 0. The van der Waals surface area contributed by atoms with E-state index in [9.17, 15) is 9.59 Å². The predicted molar refractivity (Wildman–Crippen MR) is 103 cm³/mol. The number of carbonyl (C=O) groups is 2. The molecule has 0 radical (unpaired) electrons. The normalized spacial score (nSPS) is 12.1. The van der Waals surface area contributed by atoms with Crippen molar-refractivity contribution in [3.63, 3.8) is 0 Å². The predicted octanol–water partition coefficient (Wildman–Crippen LogP) is 2.72. The third-order valence-corrected chi connectivity index (χ3v) is 4.25. The fourth-order valence-corrected chi connectivity index (χ4v) is 2.66.